The predicted molar refractivity (Wildman–Crippen MR) is 88.8 cm³/mol. The highest BCUT2D eigenvalue weighted by atomic mass is 32.1. The summed E-state index contributed by atoms with van der Waals surface area (Å²) >= 11 is 1.91. The number of nitrogens with zero attached hydrogens (tertiary/aromatic N) is 2. The van der Waals surface area contributed by atoms with E-state index in [2.05, 4.69) is 31.0 Å². The summed E-state index contributed by atoms with van der Waals surface area (Å²) in [4.78, 5) is 8.97. The van der Waals surface area contributed by atoms with E-state index in [1.54, 1.807) is 0 Å². The van der Waals surface area contributed by atoms with Crippen molar-refractivity contribution in [2.75, 3.05) is 18.0 Å². The molecule has 0 saturated carbocycles. The summed E-state index contributed by atoms with van der Waals surface area (Å²) in [7, 11) is 0. The average molecular weight is 295 g/mol. The van der Waals surface area contributed by atoms with E-state index >= 15 is 0 Å². The monoisotopic (exact) mass is 295 g/mol. The van der Waals surface area contributed by atoms with Gasteiger partial charge >= 0.3 is 0 Å². The van der Waals surface area contributed by atoms with Crippen LogP contribution in [-0.2, 0) is 13.0 Å². The Morgan fingerprint density at radius 1 is 1.30 bits per heavy atom. The molecule has 1 aliphatic rings. The molecule has 2 heterocycles. The fourth-order valence-corrected chi connectivity index (χ4v) is 4.25. The van der Waals surface area contributed by atoms with Crippen LogP contribution in [0.1, 0.15) is 63.4 Å². The van der Waals surface area contributed by atoms with Crippen LogP contribution in [0.3, 0.4) is 0 Å². The predicted octanol–water partition coefficient (Wildman–Crippen LogP) is 3.97. The van der Waals surface area contributed by atoms with Gasteiger partial charge in [-0.25, -0.2) is 4.98 Å². The van der Waals surface area contributed by atoms with Crippen LogP contribution in [0.15, 0.2) is 0 Å². The topological polar surface area (TPSA) is 28.2 Å². The van der Waals surface area contributed by atoms with Gasteiger partial charge in [0, 0.05) is 24.0 Å². The molecular weight excluding hydrogens is 266 g/mol. The van der Waals surface area contributed by atoms with Crippen LogP contribution in [0, 0.1) is 0 Å². The van der Waals surface area contributed by atoms with Crippen LogP contribution in [0.4, 0.5) is 5.13 Å². The van der Waals surface area contributed by atoms with Crippen molar-refractivity contribution in [2.24, 2.45) is 0 Å². The Morgan fingerprint density at radius 2 is 2.15 bits per heavy atom. The highest BCUT2D eigenvalue weighted by molar-refractivity contribution is 7.15. The van der Waals surface area contributed by atoms with Crippen molar-refractivity contribution in [1.82, 2.24) is 10.3 Å². The number of piperidine rings is 1. The van der Waals surface area contributed by atoms with Gasteiger partial charge in [-0.05, 0) is 38.6 Å². The van der Waals surface area contributed by atoms with E-state index in [1.165, 1.54) is 54.4 Å². The van der Waals surface area contributed by atoms with Gasteiger partial charge in [-0.2, -0.15) is 0 Å². The van der Waals surface area contributed by atoms with Crippen LogP contribution >= 0.6 is 11.3 Å². The fraction of sp³-hybridized carbons (Fsp3) is 0.812. The van der Waals surface area contributed by atoms with E-state index in [1.807, 2.05) is 11.3 Å². The summed E-state index contributed by atoms with van der Waals surface area (Å²) in [5, 5.41) is 4.71. The summed E-state index contributed by atoms with van der Waals surface area (Å²) in [6.07, 6.45) is 7.68. The summed E-state index contributed by atoms with van der Waals surface area (Å²) in [6.45, 7) is 9.87. The van der Waals surface area contributed by atoms with Gasteiger partial charge in [0.2, 0.25) is 0 Å². The lowest BCUT2D eigenvalue weighted by Gasteiger charge is -2.35. The molecule has 114 valence electrons. The molecule has 1 fully saturated rings. The standard InChI is InChI=1S/C16H29N3S/c1-4-9-13-10-7-8-11-19(13)16-18-14(5-2)15(20-16)12-17-6-3/h13,17H,4-12H2,1-3H3. The van der Waals surface area contributed by atoms with Crippen molar-refractivity contribution in [3.8, 4) is 0 Å². The van der Waals surface area contributed by atoms with Crippen LogP contribution < -0.4 is 10.2 Å². The lowest BCUT2D eigenvalue weighted by molar-refractivity contribution is 0.434. The Bertz CT molecular complexity index is 400. The van der Waals surface area contributed by atoms with Crippen molar-refractivity contribution in [2.45, 2.75) is 71.9 Å². The fourth-order valence-electron chi connectivity index (χ4n) is 3.03. The Hall–Kier alpha value is -0.610. The first-order valence-electron chi connectivity index (χ1n) is 8.26. The first kappa shape index (κ1) is 15.8. The molecule has 1 unspecified atom stereocenters. The number of rotatable bonds is 7. The van der Waals surface area contributed by atoms with Gasteiger partial charge in [0.25, 0.3) is 0 Å². The van der Waals surface area contributed by atoms with Gasteiger partial charge in [-0.1, -0.05) is 27.2 Å². The molecule has 0 aliphatic carbocycles. The lowest BCUT2D eigenvalue weighted by atomic mass is 9.99. The van der Waals surface area contributed by atoms with E-state index in [-0.39, 0.29) is 0 Å². The Kier molecular flexibility index (Phi) is 6.30. The Morgan fingerprint density at radius 3 is 2.85 bits per heavy atom. The highest BCUT2D eigenvalue weighted by Crippen LogP contribution is 2.32. The van der Waals surface area contributed by atoms with E-state index in [0.717, 1.165) is 25.6 Å². The molecule has 0 amide bonds. The number of aromatic nitrogens is 1. The molecule has 0 bridgehead atoms. The molecular formula is C16H29N3S. The van der Waals surface area contributed by atoms with E-state index in [4.69, 9.17) is 4.98 Å². The zero-order valence-corrected chi connectivity index (χ0v) is 14.1. The highest BCUT2D eigenvalue weighted by Gasteiger charge is 2.25. The first-order valence-corrected chi connectivity index (χ1v) is 9.07. The number of hydrogen-bond donors (Lipinski definition) is 1. The van der Waals surface area contributed by atoms with Crippen LogP contribution in [0.2, 0.25) is 0 Å². The summed E-state index contributed by atoms with van der Waals surface area (Å²) in [6, 6.07) is 0.719. The number of hydrogen-bond acceptors (Lipinski definition) is 4. The maximum absolute atomic E-state index is 4.94. The quantitative estimate of drug-likeness (QED) is 0.825. The van der Waals surface area contributed by atoms with Crippen molar-refractivity contribution in [1.29, 1.82) is 0 Å². The third-order valence-corrected chi connectivity index (χ3v) is 5.27. The second-order valence-corrected chi connectivity index (χ2v) is 6.69. The molecule has 1 aromatic rings. The van der Waals surface area contributed by atoms with Gasteiger partial charge in [-0.15, -0.1) is 11.3 Å². The largest absolute Gasteiger partial charge is 0.345 e. The van der Waals surface area contributed by atoms with Crippen LogP contribution in [0.5, 0.6) is 0 Å². The zero-order chi connectivity index (χ0) is 14.4. The summed E-state index contributed by atoms with van der Waals surface area (Å²) in [5.74, 6) is 0. The van der Waals surface area contributed by atoms with Crippen LogP contribution in [0.25, 0.3) is 0 Å². The maximum atomic E-state index is 4.94. The van der Waals surface area contributed by atoms with Gasteiger partial charge < -0.3 is 10.2 Å². The first-order chi connectivity index (χ1) is 9.80. The van der Waals surface area contributed by atoms with Crippen molar-refractivity contribution in [3.05, 3.63) is 10.6 Å². The Labute approximate surface area is 127 Å². The minimum atomic E-state index is 0.719. The summed E-state index contributed by atoms with van der Waals surface area (Å²) < 4.78 is 0. The third-order valence-electron chi connectivity index (χ3n) is 4.13. The van der Waals surface area contributed by atoms with Crippen molar-refractivity contribution < 1.29 is 0 Å². The normalized spacial score (nSPS) is 19.6. The minimum Gasteiger partial charge on any atom is -0.345 e. The molecule has 4 heteroatoms. The van der Waals surface area contributed by atoms with E-state index in [9.17, 15) is 0 Å². The molecule has 0 aromatic carbocycles. The summed E-state index contributed by atoms with van der Waals surface area (Å²) in [5.41, 5.74) is 1.30. The average Bonchev–Trinajstić information content (AvgIpc) is 2.89. The van der Waals surface area contributed by atoms with Gasteiger partial charge in [0.1, 0.15) is 0 Å². The Balaban J connectivity index is 2.15. The molecule has 1 aliphatic heterocycles. The molecule has 1 aromatic heterocycles. The number of aryl methyl sites for hydroxylation is 1. The van der Waals surface area contributed by atoms with E-state index in [0.29, 0.717) is 0 Å². The van der Waals surface area contributed by atoms with Gasteiger partial charge in [0.15, 0.2) is 5.13 Å². The third kappa shape index (κ3) is 3.73. The molecule has 20 heavy (non-hydrogen) atoms. The molecule has 0 radical (unpaired) electrons. The maximum Gasteiger partial charge on any atom is 0.186 e. The second kappa shape index (κ2) is 7.99. The molecule has 0 spiro atoms. The smallest absolute Gasteiger partial charge is 0.186 e. The number of thiazole rings is 1. The van der Waals surface area contributed by atoms with Gasteiger partial charge in [-0.3, -0.25) is 0 Å². The molecule has 1 atom stereocenters. The van der Waals surface area contributed by atoms with E-state index < -0.39 is 0 Å². The van der Waals surface area contributed by atoms with Crippen LogP contribution in [-0.4, -0.2) is 24.1 Å². The van der Waals surface area contributed by atoms with Crippen molar-refractivity contribution in [3.63, 3.8) is 0 Å². The molecule has 1 saturated heterocycles. The minimum absolute atomic E-state index is 0.719. The molecule has 3 nitrogen and oxygen atoms in total. The van der Waals surface area contributed by atoms with Crippen molar-refractivity contribution >= 4 is 16.5 Å². The molecule has 2 rings (SSSR count). The SMILES string of the molecule is CCCC1CCCCN1c1nc(CC)c(CNCC)s1. The second-order valence-electron chi connectivity index (χ2n) is 5.63. The number of anilines is 1. The van der Waals surface area contributed by atoms with Gasteiger partial charge in [0.05, 0.1) is 5.69 Å². The number of nitrogens with one attached hydrogen (secondary N) is 1. The molecule has 1 N–H and O–H groups in total. The zero-order valence-electron chi connectivity index (χ0n) is 13.2. The lowest BCUT2D eigenvalue weighted by Crippen LogP contribution is -2.39.